The van der Waals surface area contributed by atoms with E-state index in [0.29, 0.717) is 12.2 Å². The Hall–Kier alpha value is -3.00. The van der Waals surface area contributed by atoms with Crippen LogP contribution in [0.3, 0.4) is 0 Å². The van der Waals surface area contributed by atoms with E-state index in [1.54, 1.807) is 24.9 Å². The van der Waals surface area contributed by atoms with Crippen molar-refractivity contribution in [2.45, 2.75) is 6.54 Å². The fourth-order valence-corrected chi connectivity index (χ4v) is 2.99. The van der Waals surface area contributed by atoms with Crippen molar-refractivity contribution in [2.24, 2.45) is 0 Å². The van der Waals surface area contributed by atoms with Gasteiger partial charge in [0.2, 0.25) is 0 Å². The van der Waals surface area contributed by atoms with Gasteiger partial charge in [0.05, 0.1) is 0 Å². The number of nitrogens with one attached hydrogen (secondary N) is 1. The second kappa shape index (κ2) is 5.65. The van der Waals surface area contributed by atoms with Crippen LogP contribution in [0.25, 0.3) is 10.8 Å². The Morgan fingerprint density at radius 2 is 2.26 bits per heavy atom. The summed E-state index contributed by atoms with van der Waals surface area (Å²) < 4.78 is 3.65. The molecule has 0 aromatic carbocycles. The molecule has 0 bridgehead atoms. The average molecular weight is 324 g/mol. The number of nitrogens with zero attached hydrogens (tertiary/aromatic N) is 5. The monoisotopic (exact) mass is 324 g/mol. The molecule has 1 amide bonds. The Morgan fingerprint density at radius 3 is 3.09 bits per heavy atom. The molecular formula is C15H12N6OS. The minimum Gasteiger partial charge on any atom is -0.346 e. The number of rotatable bonds is 4. The highest BCUT2D eigenvalue weighted by molar-refractivity contribution is 7.15. The van der Waals surface area contributed by atoms with Crippen molar-refractivity contribution < 1.29 is 4.79 Å². The van der Waals surface area contributed by atoms with E-state index in [-0.39, 0.29) is 5.91 Å². The lowest BCUT2D eigenvalue weighted by atomic mass is 10.2. The molecule has 4 aromatic heterocycles. The molecule has 0 aliphatic rings. The number of fused-ring (bicyclic) bond motifs is 1. The van der Waals surface area contributed by atoms with Crippen molar-refractivity contribution in [1.29, 1.82) is 0 Å². The predicted octanol–water partition coefficient (Wildman–Crippen LogP) is 1.91. The summed E-state index contributed by atoms with van der Waals surface area (Å²) in [6.07, 6.45) is 10.5. The van der Waals surface area contributed by atoms with Gasteiger partial charge in [-0.25, -0.2) is 15.0 Å². The first kappa shape index (κ1) is 13.6. The lowest BCUT2D eigenvalue weighted by molar-refractivity contribution is 0.0946. The first-order valence-corrected chi connectivity index (χ1v) is 7.82. The van der Waals surface area contributed by atoms with Gasteiger partial charge < -0.3 is 5.32 Å². The van der Waals surface area contributed by atoms with Gasteiger partial charge in [-0.3, -0.25) is 13.8 Å². The third kappa shape index (κ3) is 2.59. The number of pyridine rings is 1. The maximum absolute atomic E-state index is 12.3. The summed E-state index contributed by atoms with van der Waals surface area (Å²) in [6.45, 7) is 0.366. The van der Waals surface area contributed by atoms with Gasteiger partial charge in [0.15, 0.2) is 4.96 Å². The minimum atomic E-state index is -0.207. The third-order valence-electron chi connectivity index (χ3n) is 3.38. The Kier molecular flexibility index (Phi) is 3.35. The molecule has 4 aromatic rings. The zero-order valence-electron chi connectivity index (χ0n) is 12.0. The van der Waals surface area contributed by atoms with Gasteiger partial charge in [0, 0.05) is 48.5 Å². The van der Waals surface area contributed by atoms with Crippen LogP contribution < -0.4 is 5.32 Å². The van der Waals surface area contributed by atoms with Crippen LogP contribution in [0.1, 0.15) is 16.1 Å². The van der Waals surface area contributed by atoms with Gasteiger partial charge in [-0.05, 0) is 6.07 Å². The molecule has 23 heavy (non-hydrogen) atoms. The molecular weight excluding hydrogens is 312 g/mol. The second-order valence-electron chi connectivity index (χ2n) is 4.86. The fourth-order valence-electron chi connectivity index (χ4n) is 2.29. The maximum atomic E-state index is 12.3. The molecule has 8 heteroatoms. The lowest BCUT2D eigenvalue weighted by Gasteiger charge is -2.09. The van der Waals surface area contributed by atoms with Crippen LogP contribution in [0.15, 0.2) is 54.8 Å². The molecule has 0 unspecified atom stereocenters. The molecule has 0 saturated carbocycles. The van der Waals surface area contributed by atoms with Gasteiger partial charge in [-0.2, -0.15) is 0 Å². The number of hydrogen-bond donors (Lipinski definition) is 1. The van der Waals surface area contributed by atoms with E-state index in [2.05, 4.69) is 20.3 Å². The SMILES string of the molecule is O=C(NCc1cccnc1-n1ccnc1)c1cn2ccsc2n1. The quantitative estimate of drug-likeness (QED) is 0.622. The van der Waals surface area contributed by atoms with Gasteiger partial charge in [0.1, 0.15) is 17.8 Å². The molecule has 4 rings (SSSR count). The largest absolute Gasteiger partial charge is 0.346 e. The van der Waals surface area contributed by atoms with Crippen LogP contribution in [0, 0.1) is 0 Å². The summed E-state index contributed by atoms with van der Waals surface area (Å²) in [5.41, 5.74) is 1.31. The van der Waals surface area contributed by atoms with Crippen LogP contribution in [0.2, 0.25) is 0 Å². The molecule has 0 aliphatic heterocycles. The van der Waals surface area contributed by atoms with Crippen LogP contribution >= 0.6 is 11.3 Å². The van der Waals surface area contributed by atoms with Crippen molar-refractivity contribution in [2.75, 3.05) is 0 Å². The topological polar surface area (TPSA) is 77.1 Å². The van der Waals surface area contributed by atoms with Crippen LogP contribution in [-0.4, -0.2) is 29.8 Å². The Bertz CT molecular complexity index is 927. The van der Waals surface area contributed by atoms with E-state index in [4.69, 9.17) is 0 Å². The Balaban J connectivity index is 1.53. The number of carbonyl (C=O) groups is 1. The molecule has 0 fully saturated rings. The summed E-state index contributed by atoms with van der Waals surface area (Å²) in [4.78, 5) is 25.7. The number of carbonyl (C=O) groups excluding carboxylic acids is 1. The van der Waals surface area contributed by atoms with E-state index in [1.165, 1.54) is 11.3 Å². The second-order valence-corrected chi connectivity index (χ2v) is 5.73. The smallest absolute Gasteiger partial charge is 0.271 e. The molecule has 0 aliphatic carbocycles. The number of hydrogen-bond acceptors (Lipinski definition) is 5. The standard InChI is InChI=1S/C15H12N6OS/c22-14(12-9-20-6-7-23-15(20)19-12)18-8-11-2-1-3-17-13(11)21-5-4-16-10-21/h1-7,9-10H,8H2,(H,18,22). The van der Waals surface area contributed by atoms with Crippen LogP contribution in [-0.2, 0) is 6.54 Å². The zero-order valence-corrected chi connectivity index (χ0v) is 12.8. The number of thiazole rings is 1. The van der Waals surface area contributed by atoms with Crippen LogP contribution in [0.5, 0.6) is 0 Å². The molecule has 4 heterocycles. The number of aromatic nitrogens is 5. The predicted molar refractivity (Wildman–Crippen MR) is 85.6 cm³/mol. The molecule has 114 valence electrons. The van der Waals surface area contributed by atoms with Crippen LogP contribution in [0.4, 0.5) is 0 Å². The van der Waals surface area contributed by atoms with E-state index in [0.717, 1.165) is 16.3 Å². The molecule has 0 radical (unpaired) electrons. The van der Waals surface area contributed by atoms with Gasteiger partial charge >= 0.3 is 0 Å². The normalized spacial score (nSPS) is 11.0. The van der Waals surface area contributed by atoms with Crippen molar-refractivity contribution in [3.8, 4) is 5.82 Å². The van der Waals surface area contributed by atoms with Gasteiger partial charge in [0.25, 0.3) is 5.91 Å². The number of imidazole rings is 2. The summed E-state index contributed by atoms with van der Waals surface area (Å²) in [5.74, 6) is 0.539. The lowest BCUT2D eigenvalue weighted by Crippen LogP contribution is -2.24. The number of amides is 1. The van der Waals surface area contributed by atoms with Crippen molar-refractivity contribution in [3.63, 3.8) is 0 Å². The van der Waals surface area contributed by atoms with Gasteiger partial charge in [-0.15, -0.1) is 11.3 Å². The highest BCUT2D eigenvalue weighted by Crippen LogP contribution is 2.13. The summed E-state index contributed by atoms with van der Waals surface area (Å²) in [7, 11) is 0. The summed E-state index contributed by atoms with van der Waals surface area (Å²) >= 11 is 1.49. The molecule has 7 nitrogen and oxygen atoms in total. The van der Waals surface area contributed by atoms with E-state index < -0.39 is 0 Å². The summed E-state index contributed by atoms with van der Waals surface area (Å²) in [6, 6.07) is 3.77. The van der Waals surface area contributed by atoms with E-state index in [1.807, 2.05) is 38.9 Å². The van der Waals surface area contributed by atoms with E-state index >= 15 is 0 Å². The first-order chi connectivity index (χ1) is 11.3. The molecule has 0 saturated heterocycles. The molecule has 0 spiro atoms. The minimum absolute atomic E-state index is 0.207. The average Bonchev–Trinajstić information content (AvgIpc) is 3.28. The Morgan fingerprint density at radius 1 is 1.30 bits per heavy atom. The van der Waals surface area contributed by atoms with Crippen molar-refractivity contribution in [1.82, 2.24) is 29.2 Å². The first-order valence-electron chi connectivity index (χ1n) is 6.94. The van der Waals surface area contributed by atoms with Crippen molar-refractivity contribution in [3.05, 3.63) is 66.1 Å². The highest BCUT2D eigenvalue weighted by atomic mass is 32.1. The third-order valence-corrected chi connectivity index (χ3v) is 4.15. The maximum Gasteiger partial charge on any atom is 0.271 e. The van der Waals surface area contributed by atoms with E-state index in [9.17, 15) is 4.79 Å². The van der Waals surface area contributed by atoms with Gasteiger partial charge in [-0.1, -0.05) is 6.07 Å². The Labute approximate surface area is 135 Å². The highest BCUT2D eigenvalue weighted by Gasteiger charge is 2.12. The zero-order chi connectivity index (χ0) is 15.6. The fraction of sp³-hybridized carbons (Fsp3) is 0.0667. The molecule has 1 N–H and O–H groups in total. The van der Waals surface area contributed by atoms with Crippen molar-refractivity contribution >= 4 is 22.2 Å². The molecule has 0 atom stereocenters. The summed E-state index contributed by atoms with van der Waals surface area (Å²) in [5, 5.41) is 4.81.